The zero-order chi connectivity index (χ0) is 14.7. The second-order valence-corrected chi connectivity index (χ2v) is 4.26. The Labute approximate surface area is 117 Å². The lowest BCUT2D eigenvalue weighted by molar-refractivity contribution is 0.0594. The first-order valence-electron chi connectivity index (χ1n) is 6.02. The van der Waals surface area contributed by atoms with Gasteiger partial charge in [0.25, 0.3) is 0 Å². The normalized spacial score (nSPS) is 10.1. The largest absolute Gasteiger partial charge is 0.464 e. The summed E-state index contributed by atoms with van der Waals surface area (Å²) in [6.07, 6.45) is 1.44. The van der Waals surface area contributed by atoms with E-state index in [0.717, 1.165) is 11.1 Å². The summed E-state index contributed by atoms with van der Waals surface area (Å²) in [5.41, 5.74) is 8.26. The molecule has 0 atom stereocenters. The standard InChI is InChI=1S/C15H15N3O2/c1-4-11-12(15(19)20-3)17-14(18-13(11)16)10-7-5-9(2)6-8-10/h4-8H,1H2,2-3H3,(H2,16,17,18). The Kier molecular flexibility index (Phi) is 3.79. The van der Waals surface area contributed by atoms with Gasteiger partial charge >= 0.3 is 5.97 Å². The van der Waals surface area contributed by atoms with Crippen LogP contribution < -0.4 is 5.73 Å². The number of carbonyl (C=O) groups is 1. The van der Waals surface area contributed by atoms with Crippen molar-refractivity contribution in [3.63, 3.8) is 0 Å². The molecular formula is C15H15N3O2. The van der Waals surface area contributed by atoms with Crippen LogP contribution in [0.4, 0.5) is 5.82 Å². The van der Waals surface area contributed by atoms with Gasteiger partial charge in [-0.25, -0.2) is 14.8 Å². The SMILES string of the molecule is C=Cc1c(N)nc(-c2ccc(C)cc2)nc1C(=O)OC. The third-order valence-corrected chi connectivity index (χ3v) is 2.87. The second-order valence-electron chi connectivity index (χ2n) is 4.26. The number of esters is 1. The fourth-order valence-electron chi connectivity index (χ4n) is 1.77. The molecule has 0 bridgehead atoms. The minimum absolute atomic E-state index is 0.116. The van der Waals surface area contributed by atoms with Crippen molar-refractivity contribution in [1.82, 2.24) is 9.97 Å². The fraction of sp³-hybridized carbons (Fsp3) is 0.133. The number of hydrogen-bond donors (Lipinski definition) is 1. The van der Waals surface area contributed by atoms with Gasteiger partial charge in [-0.2, -0.15) is 0 Å². The van der Waals surface area contributed by atoms with Crippen molar-refractivity contribution in [2.45, 2.75) is 6.92 Å². The molecule has 0 fully saturated rings. The van der Waals surface area contributed by atoms with Crippen molar-refractivity contribution < 1.29 is 9.53 Å². The lowest BCUT2D eigenvalue weighted by Gasteiger charge is -2.09. The summed E-state index contributed by atoms with van der Waals surface area (Å²) < 4.78 is 4.71. The number of nitrogens with two attached hydrogens (primary N) is 1. The predicted octanol–water partition coefficient (Wildman–Crippen LogP) is 2.46. The molecule has 102 valence electrons. The highest BCUT2D eigenvalue weighted by Gasteiger charge is 2.18. The summed E-state index contributed by atoms with van der Waals surface area (Å²) in [6.45, 7) is 5.60. The minimum Gasteiger partial charge on any atom is -0.464 e. The van der Waals surface area contributed by atoms with E-state index in [0.29, 0.717) is 11.4 Å². The summed E-state index contributed by atoms with van der Waals surface area (Å²) in [7, 11) is 1.29. The first-order chi connectivity index (χ1) is 9.56. The van der Waals surface area contributed by atoms with Crippen molar-refractivity contribution in [3.05, 3.63) is 47.7 Å². The molecule has 1 heterocycles. The molecule has 5 nitrogen and oxygen atoms in total. The molecule has 2 aromatic rings. The molecule has 0 saturated heterocycles. The maximum Gasteiger partial charge on any atom is 0.357 e. The average molecular weight is 269 g/mol. The zero-order valence-electron chi connectivity index (χ0n) is 11.4. The van der Waals surface area contributed by atoms with Gasteiger partial charge < -0.3 is 10.5 Å². The number of carbonyl (C=O) groups excluding carboxylic acids is 1. The first kappa shape index (κ1) is 13.7. The van der Waals surface area contributed by atoms with Crippen LogP contribution in [0.25, 0.3) is 17.5 Å². The smallest absolute Gasteiger partial charge is 0.357 e. The molecule has 0 aliphatic rings. The Bertz CT molecular complexity index is 664. The van der Waals surface area contributed by atoms with Crippen molar-refractivity contribution in [2.24, 2.45) is 0 Å². The lowest BCUT2D eigenvalue weighted by atomic mass is 10.1. The van der Waals surface area contributed by atoms with Crippen molar-refractivity contribution in [3.8, 4) is 11.4 Å². The Morgan fingerprint density at radius 3 is 2.50 bits per heavy atom. The molecule has 2 N–H and O–H groups in total. The molecule has 0 aliphatic carbocycles. The van der Waals surface area contributed by atoms with Crippen LogP contribution in [-0.4, -0.2) is 23.0 Å². The van der Waals surface area contributed by atoms with E-state index in [4.69, 9.17) is 10.5 Å². The number of methoxy groups -OCH3 is 1. The van der Waals surface area contributed by atoms with Crippen LogP contribution in [0, 0.1) is 6.92 Å². The van der Waals surface area contributed by atoms with E-state index in [1.165, 1.54) is 13.2 Å². The quantitative estimate of drug-likeness (QED) is 0.866. The highest BCUT2D eigenvalue weighted by atomic mass is 16.5. The van der Waals surface area contributed by atoms with Gasteiger partial charge in [0.15, 0.2) is 11.5 Å². The van der Waals surface area contributed by atoms with E-state index in [1.807, 2.05) is 31.2 Å². The number of nitrogens with zero attached hydrogens (tertiary/aromatic N) is 2. The highest BCUT2D eigenvalue weighted by molar-refractivity contribution is 5.93. The van der Waals surface area contributed by atoms with Crippen LogP contribution >= 0.6 is 0 Å². The van der Waals surface area contributed by atoms with Crippen LogP contribution in [0.1, 0.15) is 21.6 Å². The number of ether oxygens (including phenoxy) is 1. The van der Waals surface area contributed by atoms with Crippen LogP contribution in [0.15, 0.2) is 30.8 Å². The van der Waals surface area contributed by atoms with Crippen molar-refractivity contribution in [1.29, 1.82) is 0 Å². The van der Waals surface area contributed by atoms with E-state index in [1.54, 1.807) is 0 Å². The summed E-state index contributed by atoms with van der Waals surface area (Å²) >= 11 is 0. The Morgan fingerprint density at radius 1 is 1.30 bits per heavy atom. The number of benzene rings is 1. The minimum atomic E-state index is -0.567. The van der Waals surface area contributed by atoms with Gasteiger partial charge in [0, 0.05) is 11.1 Å². The molecule has 0 spiro atoms. The van der Waals surface area contributed by atoms with Gasteiger partial charge in [0.1, 0.15) is 5.82 Å². The molecular weight excluding hydrogens is 254 g/mol. The molecule has 2 rings (SSSR count). The molecule has 5 heteroatoms. The molecule has 0 unspecified atom stereocenters. The van der Waals surface area contributed by atoms with E-state index in [9.17, 15) is 4.79 Å². The average Bonchev–Trinajstić information content (AvgIpc) is 2.46. The van der Waals surface area contributed by atoms with Crippen LogP contribution in [0.3, 0.4) is 0 Å². The third-order valence-electron chi connectivity index (χ3n) is 2.87. The van der Waals surface area contributed by atoms with Crippen LogP contribution in [0.5, 0.6) is 0 Å². The van der Waals surface area contributed by atoms with E-state index in [2.05, 4.69) is 16.5 Å². The van der Waals surface area contributed by atoms with Gasteiger partial charge in [-0.05, 0) is 6.92 Å². The molecule has 0 radical (unpaired) electrons. The Hall–Kier alpha value is -2.69. The van der Waals surface area contributed by atoms with Crippen molar-refractivity contribution >= 4 is 17.9 Å². The fourth-order valence-corrected chi connectivity index (χ4v) is 1.77. The Balaban J connectivity index is 2.61. The topological polar surface area (TPSA) is 78.1 Å². The van der Waals surface area contributed by atoms with Crippen molar-refractivity contribution in [2.75, 3.05) is 12.8 Å². The molecule has 0 aliphatic heterocycles. The van der Waals surface area contributed by atoms with E-state index in [-0.39, 0.29) is 11.5 Å². The second kappa shape index (κ2) is 5.52. The summed E-state index contributed by atoms with van der Waals surface area (Å²) in [6, 6.07) is 7.62. The molecule has 0 saturated carbocycles. The Morgan fingerprint density at radius 2 is 1.95 bits per heavy atom. The summed E-state index contributed by atoms with van der Waals surface area (Å²) in [4.78, 5) is 20.2. The number of aryl methyl sites for hydroxylation is 1. The van der Waals surface area contributed by atoms with Crippen LogP contribution in [0.2, 0.25) is 0 Å². The maximum absolute atomic E-state index is 11.8. The van der Waals surface area contributed by atoms with Gasteiger partial charge in [-0.3, -0.25) is 0 Å². The molecule has 1 aromatic carbocycles. The number of hydrogen-bond acceptors (Lipinski definition) is 5. The number of aromatic nitrogens is 2. The first-order valence-corrected chi connectivity index (χ1v) is 6.02. The van der Waals surface area contributed by atoms with E-state index < -0.39 is 5.97 Å². The highest BCUT2D eigenvalue weighted by Crippen LogP contribution is 2.22. The predicted molar refractivity (Wildman–Crippen MR) is 78.0 cm³/mol. The lowest BCUT2D eigenvalue weighted by Crippen LogP contribution is -2.11. The summed E-state index contributed by atoms with van der Waals surface area (Å²) in [5.74, 6) is 0.0156. The van der Waals surface area contributed by atoms with Gasteiger partial charge in [-0.15, -0.1) is 0 Å². The summed E-state index contributed by atoms with van der Waals surface area (Å²) in [5, 5.41) is 0. The third kappa shape index (κ3) is 2.51. The van der Waals surface area contributed by atoms with Gasteiger partial charge in [0.2, 0.25) is 0 Å². The molecule has 0 amide bonds. The van der Waals surface area contributed by atoms with Crippen LogP contribution in [-0.2, 0) is 4.74 Å². The maximum atomic E-state index is 11.8. The number of anilines is 1. The monoisotopic (exact) mass is 269 g/mol. The van der Waals surface area contributed by atoms with E-state index >= 15 is 0 Å². The van der Waals surface area contributed by atoms with Gasteiger partial charge in [0.05, 0.1) is 7.11 Å². The molecule has 1 aromatic heterocycles. The van der Waals surface area contributed by atoms with Gasteiger partial charge in [-0.1, -0.05) is 42.5 Å². The molecule has 20 heavy (non-hydrogen) atoms. The zero-order valence-corrected chi connectivity index (χ0v) is 11.4. The number of nitrogen functional groups attached to an aromatic ring is 1. The number of rotatable bonds is 3.